The number of rotatable bonds is 3. The molecule has 2 fully saturated rings. The highest BCUT2D eigenvalue weighted by molar-refractivity contribution is 5.75. The van der Waals surface area contributed by atoms with Crippen LogP contribution in [0.3, 0.4) is 0 Å². The largest absolute Gasteiger partial charge is 0.481 e. The lowest BCUT2D eigenvalue weighted by molar-refractivity contribution is -0.188. The van der Waals surface area contributed by atoms with Crippen LogP contribution in [0.1, 0.15) is 44.9 Å². The van der Waals surface area contributed by atoms with Gasteiger partial charge in [0, 0.05) is 13.1 Å². The highest BCUT2D eigenvalue weighted by Crippen LogP contribution is 2.39. The Morgan fingerprint density at radius 2 is 1.85 bits per heavy atom. The molecule has 0 aromatic carbocycles. The number of carboxylic acid groups (broad SMARTS) is 1. The number of hydrogen-bond acceptors (Lipinski definition) is 2. The molecule has 1 unspecified atom stereocenters. The van der Waals surface area contributed by atoms with Crippen LogP contribution in [0.25, 0.3) is 0 Å². The van der Waals surface area contributed by atoms with Crippen LogP contribution in [0, 0.1) is 11.3 Å². The van der Waals surface area contributed by atoms with Gasteiger partial charge in [-0.1, -0.05) is 19.3 Å². The molecule has 0 aromatic rings. The molecule has 6 heteroatoms. The van der Waals surface area contributed by atoms with Gasteiger partial charge in [-0.3, -0.25) is 4.79 Å². The first-order chi connectivity index (χ1) is 9.33. The second-order valence-electron chi connectivity index (χ2n) is 6.26. The van der Waals surface area contributed by atoms with Crippen molar-refractivity contribution < 1.29 is 23.1 Å². The molecule has 20 heavy (non-hydrogen) atoms. The minimum absolute atomic E-state index is 0.0431. The van der Waals surface area contributed by atoms with Crippen LogP contribution >= 0.6 is 0 Å². The van der Waals surface area contributed by atoms with Crippen LogP contribution in [0.5, 0.6) is 0 Å². The molecule has 2 rings (SSSR count). The molecular formula is C14H22F3NO2. The van der Waals surface area contributed by atoms with Crippen LogP contribution in [-0.2, 0) is 4.79 Å². The lowest BCUT2D eigenvalue weighted by atomic mass is 9.73. The van der Waals surface area contributed by atoms with Crippen LogP contribution in [0.15, 0.2) is 0 Å². The number of aliphatic carboxylic acids is 1. The fraction of sp³-hybridized carbons (Fsp3) is 0.929. The zero-order chi connectivity index (χ0) is 14.8. The Hall–Kier alpha value is -0.780. The second kappa shape index (κ2) is 5.92. The summed E-state index contributed by atoms with van der Waals surface area (Å²) in [6.07, 6.45) is 0.443. The first-order valence-electron chi connectivity index (χ1n) is 7.36. The fourth-order valence-electron chi connectivity index (χ4n) is 3.56. The van der Waals surface area contributed by atoms with Crippen LogP contribution in [0.2, 0.25) is 0 Å². The Morgan fingerprint density at radius 3 is 2.40 bits per heavy atom. The molecule has 0 spiro atoms. The summed E-state index contributed by atoms with van der Waals surface area (Å²) in [6, 6.07) is 0. The van der Waals surface area contributed by atoms with E-state index in [1.807, 2.05) is 0 Å². The van der Waals surface area contributed by atoms with Crippen LogP contribution < -0.4 is 0 Å². The SMILES string of the molecule is O=C(O)C1(CN2CCCC(C(F)(F)F)C2)CCCCC1. The van der Waals surface area contributed by atoms with E-state index in [1.165, 1.54) is 0 Å². The first-order valence-corrected chi connectivity index (χ1v) is 7.36. The second-order valence-corrected chi connectivity index (χ2v) is 6.26. The van der Waals surface area contributed by atoms with Gasteiger partial charge < -0.3 is 10.0 Å². The Labute approximate surface area is 117 Å². The standard InChI is InChI=1S/C14H22F3NO2/c15-14(16,17)11-5-4-8-18(9-11)10-13(12(19)20)6-2-1-3-7-13/h11H,1-10H2,(H,19,20). The van der Waals surface area contributed by atoms with Crippen molar-refractivity contribution in [3.63, 3.8) is 0 Å². The molecule has 0 amide bonds. The molecule has 1 saturated carbocycles. The summed E-state index contributed by atoms with van der Waals surface area (Å²) in [6.45, 7) is 0.815. The van der Waals surface area contributed by atoms with Crippen molar-refractivity contribution in [1.82, 2.24) is 4.90 Å². The fourth-order valence-corrected chi connectivity index (χ4v) is 3.56. The summed E-state index contributed by atoms with van der Waals surface area (Å²) >= 11 is 0. The van der Waals surface area contributed by atoms with Crippen molar-refractivity contribution in [3.8, 4) is 0 Å². The van der Waals surface area contributed by atoms with Crippen molar-refractivity contribution in [1.29, 1.82) is 0 Å². The summed E-state index contributed by atoms with van der Waals surface area (Å²) in [5, 5.41) is 9.50. The summed E-state index contributed by atoms with van der Waals surface area (Å²) in [5.74, 6) is -2.14. The number of halogens is 3. The van der Waals surface area contributed by atoms with Crippen molar-refractivity contribution in [2.24, 2.45) is 11.3 Å². The van der Waals surface area contributed by atoms with Gasteiger partial charge in [0.2, 0.25) is 0 Å². The van der Waals surface area contributed by atoms with Crippen molar-refractivity contribution >= 4 is 5.97 Å². The highest BCUT2D eigenvalue weighted by atomic mass is 19.4. The number of hydrogen-bond donors (Lipinski definition) is 1. The van der Waals surface area contributed by atoms with Gasteiger partial charge >= 0.3 is 12.1 Å². The lowest BCUT2D eigenvalue weighted by Crippen LogP contribution is -2.49. The van der Waals surface area contributed by atoms with Crippen molar-refractivity contribution in [2.45, 2.75) is 51.1 Å². The van der Waals surface area contributed by atoms with Crippen LogP contribution in [-0.4, -0.2) is 41.8 Å². The third kappa shape index (κ3) is 3.45. The maximum absolute atomic E-state index is 12.8. The predicted octanol–water partition coefficient (Wildman–Crippen LogP) is 3.30. The maximum Gasteiger partial charge on any atom is 0.393 e. The average Bonchev–Trinajstić information content (AvgIpc) is 2.39. The molecule has 0 bridgehead atoms. The van der Waals surface area contributed by atoms with E-state index in [0.29, 0.717) is 25.8 Å². The normalized spacial score (nSPS) is 28.2. The Balaban J connectivity index is 2.01. The number of piperidine rings is 1. The Kier molecular flexibility index (Phi) is 4.62. The molecule has 1 saturated heterocycles. The number of carboxylic acids is 1. The Bertz CT molecular complexity index is 351. The maximum atomic E-state index is 12.8. The summed E-state index contributed by atoms with van der Waals surface area (Å²) < 4.78 is 38.4. The molecule has 1 N–H and O–H groups in total. The minimum Gasteiger partial charge on any atom is -0.481 e. The summed E-state index contributed by atoms with van der Waals surface area (Å²) in [7, 11) is 0. The van der Waals surface area contributed by atoms with Gasteiger partial charge in [0.1, 0.15) is 0 Å². The molecule has 116 valence electrons. The Morgan fingerprint density at radius 1 is 1.20 bits per heavy atom. The van der Waals surface area contributed by atoms with E-state index in [1.54, 1.807) is 4.90 Å². The number of carbonyl (C=O) groups is 1. The number of nitrogens with zero attached hydrogens (tertiary/aromatic N) is 1. The van der Waals surface area contributed by atoms with Gasteiger partial charge in [0.25, 0.3) is 0 Å². The quantitative estimate of drug-likeness (QED) is 0.868. The van der Waals surface area contributed by atoms with E-state index in [0.717, 1.165) is 19.3 Å². The smallest absolute Gasteiger partial charge is 0.393 e. The number of alkyl halides is 3. The van der Waals surface area contributed by atoms with Gasteiger partial charge in [-0.2, -0.15) is 13.2 Å². The van der Waals surface area contributed by atoms with E-state index < -0.39 is 23.5 Å². The van der Waals surface area contributed by atoms with E-state index in [-0.39, 0.29) is 19.5 Å². The lowest BCUT2D eigenvalue weighted by Gasteiger charge is -2.41. The van der Waals surface area contributed by atoms with Crippen molar-refractivity contribution in [2.75, 3.05) is 19.6 Å². The average molecular weight is 293 g/mol. The van der Waals surface area contributed by atoms with E-state index >= 15 is 0 Å². The molecule has 1 heterocycles. The summed E-state index contributed by atoms with van der Waals surface area (Å²) in [4.78, 5) is 13.3. The highest BCUT2D eigenvalue weighted by Gasteiger charge is 2.45. The minimum atomic E-state index is -4.17. The van der Waals surface area contributed by atoms with Gasteiger partial charge in [-0.25, -0.2) is 0 Å². The number of likely N-dealkylation sites (tertiary alicyclic amines) is 1. The predicted molar refractivity (Wildman–Crippen MR) is 68.4 cm³/mol. The molecule has 1 atom stereocenters. The first kappa shape index (κ1) is 15.6. The van der Waals surface area contributed by atoms with E-state index in [4.69, 9.17) is 0 Å². The molecular weight excluding hydrogens is 271 g/mol. The van der Waals surface area contributed by atoms with Gasteiger partial charge in [0.05, 0.1) is 11.3 Å². The summed E-state index contributed by atoms with van der Waals surface area (Å²) in [5.41, 5.74) is -0.828. The van der Waals surface area contributed by atoms with Gasteiger partial charge in [0.15, 0.2) is 0 Å². The monoisotopic (exact) mass is 293 g/mol. The molecule has 1 aliphatic heterocycles. The van der Waals surface area contributed by atoms with Gasteiger partial charge in [-0.15, -0.1) is 0 Å². The molecule has 0 aromatic heterocycles. The van der Waals surface area contributed by atoms with E-state index in [9.17, 15) is 23.1 Å². The zero-order valence-electron chi connectivity index (χ0n) is 11.6. The van der Waals surface area contributed by atoms with Crippen molar-refractivity contribution in [3.05, 3.63) is 0 Å². The van der Waals surface area contributed by atoms with Crippen LogP contribution in [0.4, 0.5) is 13.2 Å². The third-order valence-corrected chi connectivity index (χ3v) is 4.76. The molecule has 3 nitrogen and oxygen atoms in total. The van der Waals surface area contributed by atoms with E-state index in [2.05, 4.69) is 0 Å². The molecule has 2 aliphatic rings. The topological polar surface area (TPSA) is 40.5 Å². The molecule has 0 radical (unpaired) electrons. The zero-order valence-corrected chi connectivity index (χ0v) is 11.6. The third-order valence-electron chi connectivity index (χ3n) is 4.76. The van der Waals surface area contributed by atoms with Gasteiger partial charge in [-0.05, 0) is 32.2 Å². The molecule has 1 aliphatic carbocycles.